The normalized spacial score (nSPS) is 17.5. The third-order valence-electron chi connectivity index (χ3n) is 6.44. The first kappa shape index (κ1) is 25.4. The highest BCUT2D eigenvalue weighted by molar-refractivity contribution is 6.88. The molecule has 0 unspecified atom stereocenters. The Morgan fingerprint density at radius 1 is 0.939 bits per heavy atom. The molecule has 1 heterocycles. The van der Waals surface area contributed by atoms with E-state index >= 15 is 0 Å². The van der Waals surface area contributed by atoms with E-state index in [1.54, 1.807) is 0 Å². The third kappa shape index (κ3) is 5.84. The summed E-state index contributed by atoms with van der Waals surface area (Å²) in [6, 6.07) is 15.6. The molecule has 3 nitrogen and oxygen atoms in total. The van der Waals surface area contributed by atoms with Gasteiger partial charge in [0, 0.05) is 5.56 Å². The second-order valence-corrected chi connectivity index (χ2v) is 17.1. The Kier molecular flexibility index (Phi) is 7.38. The van der Waals surface area contributed by atoms with Gasteiger partial charge in [-0.2, -0.15) is 0 Å². The molecule has 3 rings (SSSR count). The van der Waals surface area contributed by atoms with Crippen LogP contribution in [0.4, 0.5) is 5.69 Å². The smallest absolute Gasteiger partial charge is 0.236 e. The van der Waals surface area contributed by atoms with E-state index in [0.29, 0.717) is 24.3 Å². The highest BCUT2D eigenvalue weighted by atomic mass is 28.3. The van der Waals surface area contributed by atoms with Crippen molar-refractivity contribution in [2.24, 2.45) is 15.4 Å². The van der Waals surface area contributed by atoms with E-state index in [4.69, 9.17) is 14.7 Å². The molecule has 0 spiro atoms. The summed E-state index contributed by atoms with van der Waals surface area (Å²) in [7, 11) is -1.38. The first-order valence-corrected chi connectivity index (χ1v) is 15.8. The van der Waals surface area contributed by atoms with Crippen molar-refractivity contribution < 1.29 is 4.74 Å². The number of hydrogen-bond acceptors (Lipinski definition) is 3. The van der Waals surface area contributed by atoms with Crippen LogP contribution in [0.1, 0.15) is 77.0 Å². The molecular formula is C29H42N2OSi. The molecule has 0 N–H and O–H groups in total. The van der Waals surface area contributed by atoms with Gasteiger partial charge in [0.2, 0.25) is 5.90 Å². The highest BCUT2D eigenvalue weighted by Crippen LogP contribution is 2.36. The Hall–Kier alpha value is -2.20. The molecule has 2 aromatic carbocycles. The van der Waals surface area contributed by atoms with Gasteiger partial charge in [0.05, 0.1) is 19.8 Å². The lowest BCUT2D eigenvalue weighted by Crippen LogP contribution is -2.37. The van der Waals surface area contributed by atoms with Crippen LogP contribution in [0.25, 0.3) is 0 Å². The molecule has 33 heavy (non-hydrogen) atoms. The van der Waals surface area contributed by atoms with Gasteiger partial charge in [-0.15, -0.1) is 0 Å². The minimum atomic E-state index is -1.38. The van der Waals surface area contributed by atoms with Crippen LogP contribution in [0.3, 0.4) is 0 Å². The molecule has 0 fully saturated rings. The summed E-state index contributed by atoms with van der Waals surface area (Å²) >= 11 is 0. The van der Waals surface area contributed by atoms with Crippen LogP contribution in [0.15, 0.2) is 52.4 Å². The topological polar surface area (TPSA) is 34.0 Å². The van der Waals surface area contributed by atoms with Gasteiger partial charge < -0.3 is 4.74 Å². The predicted molar refractivity (Wildman–Crippen MR) is 147 cm³/mol. The van der Waals surface area contributed by atoms with E-state index in [2.05, 4.69) is 111 Å². The van der Waals surface area contributed by atoms with Crippen LogP contribution < -0.4 is 5.19 Å². The average molecular weight is 463 g/mol. The lowest BCUT2D eigenvalue weighted by molar-refractivity contribution is 0.237. The number of hydrogen-bond donors (Lipinski definition) is 0. The summed E-state index contributed by atoms with van der Waals surface area (Å²) in [6.45, 7) is 23.3. The summed E-state index contributed by atoms with van der Waals surface area (Å²) in [5.41, 5.74) is 5.56. The monoisotopic (exact) mass is 462 g/mol. The number of nitrogens with zero attached hydrogens (tertiary/aromatic N) is 2. The highest BCUT2D eigenvalue weighted by Gasteiger charge is 2.33. The summed E-state index contributed by atoms with van der Waals surface area (Å²) in [6.07, 6.45) is 0. The minimum absolute atomic E-state index is 0.0491. The second kappa shape index (κ2) is 9.58. The van der Waals surface area contributed by atoms with Crippen LogP contribution in [0.5, 0.6) is 0 Å². The molecule has 0 aliphatic carbocycles. The number of benzene rings is 2. The predicted octanol–water partition coefficient (Wildman–Crippen LogP) is 7.44. The zero-order chi connectivity index (χ0) is 24.6. The van der Waals surface area contributed by atoms with E-state index in [9.17, 15) is 0 Å². The molecule has 0 saturated carbocycles. The van der Waals surface area contributed by atoms with E-state index < -0.39 is 8.07 Å². The summed E-state index contributed by atoms with van der Waals surface area (Å²) in [5.74, 6) is 1.43. The Bertz CT molecular complexity index is 1010. The van der Waals surface area contributed by atoms with E-state index in [1.165, 1.54) is 16.3 Å². The van der Waals surface area contributed by atoms with Crippen LogP contribution >= 0.6 is 0 Å². The van der Waals surface area contributed by atoms with Crippen LogP contribution in [-0.4, -0.2) is 32.3 Å². The van der Waals surface area contributed by atoms with Crippen molar-refractivity contribution in [2.75, 3.05) is 6.61 Å². The van der Waals surface area contributed by atoms with Crippen molar-refractivity contribution in [3.63, 3.8) is 0 Å². The Morgan fingerprint density at radius 2 is 1.48 bits per heavy atom. The molecule has 1 aliphatic heterocycles. The fourth-order valence-corrected chi connectivity index (χ4v) is 5.23. The van der Waals surface area contributed by atoms with Crippen molar-refractivity contribution in [3.8, 4) is 0 Å². The molecule has 2 aromatic rings. The lowest BCUT2D eigenvalue weighted by atomic mass is 9.88. The summed E-state index contributed by atoms with van der Waals surface area (Å²) in [4.78, 5) is 10.4. The molecule has 0 bridgehead atoms. The molecule has 0 saturated heterocycles. The number of rotatable bonds is 6. The number of aliphatic imine (C=N–C) groups is 2. The standard InChI is InChI=1S/C29H42N2OSi/c1-19(2)23-12-11-13-24(20(3)4)27(23)31-26(28-30-25(18-32-28)29(5,6)7)21-14-16-22(17-15-21)33(8,9)10/h11-17,19-20,25H,18H2,1-10H3/t25-/m1/s1. The fraction of sp³-hybridized carbons (Fsp3) is 0.517. The number of para-hydroxylation sites is 1. The molecule has 1 atom stereocenters. The lowest BCUT2D eigenvalue weighted by Gasteiger charge is -2.21. The van der Waals surface area contributed by atoms with Crippen LogP contribution in [0, 0.1) is 5.41 Å². The first-order valence-electron chi connectivity index (χ1n) is 12.3. The Labute approximate surface area is 202 Å². The maximum atomic E-state index is 6.21. The van der Waals surface area contributed by atoms with Gasteiger partial charge in [0.15, 0.2) is 0 Å². The van der Waals surface area contributed by atoms with Crippen molar-refractivity contribution >= 4 is 30.6 Å². The van der Waals surface area contributed by atoms with E-state index in [0.717, 1.165) is 17.0 Å². The minimum Gasteiger partial charge on any atom is -0.474 e. The Morgan fingerprint density at radius 3 is 1.91 bits per heavy atom. The van der Waals surface area contributed by atoms with Gasteiger partial charge in [0.25, 0.3) is 0 Å². The van der Waals surface area contributed by atoms with Crippen LogP contribution in [-0.2, 0) is 4.74 Å². The molecule has 0 radical (unpaired) electrons. The summed E-state index contributed by atoms with van der Waals surface area (Å²) < 4.78 is 6.21. The maximum Gasteiger partial charge on any atom is 0.236 e. The van der Waals surface area contributed by atoms with E-state index in [-0.39, 0.29) is 11.5 Å². The fourth-order valence-electron chi connectivity index (χ4n) is 4.06. The summed E-state index contributed by atoms with van der Waals surface area (Å²) in [5, 5.41) is 1.44. The molecule has 4 heteroatoms. The van der Waals surface area contributed by atoms with Gasteiger partial charge in [-0.05, 0) is 28.4 Å². The Balaban J connectivity index is 2.22. The van der Waals surface area contributed by atoms with Gasteiger partial charge in [-0.3, -0.25) is 0 Å². The quantitative estimate of drug-likeness (QED) is 0.324. The van der Waals surface area contributed by atoms with Crippen molar-refractivity contribution in [3.05, 3.63) is 59.2 Å². The third-order valence-corrected chi connectivity index (χ3v) is 8.51. The maximum absolute atomic E-state index is 6.21. The van der Waals surface area contributed by atoms with E-state index in [1.807, 2.05) is 0 Å². The zero-order valence-electron chi connectivity index (χ0n) is 22.3. The SMILES string of the molecule is CC(C)c1cccc(C(C)C)c1N=C(C1=N[C@@H](C(C)(C)C)CO1)c1ccc([Si](C)(C)C)cc1. The van der Waals surface area contributed by atoms with Crippen molar-refractivity contribution in [1.29, 1.82) is 0 Å². The number of ether oxygens (including phenoxy) is 1. The largest absolute Gasteiger partial charge is 0.474 e. The van der Waals surface area contributed by atoms with Crippen molar-refractivity contribution in [2.45, 2.75) is 86.0 Å². The van der Waals surface area contributed by atoms with Crippen LogP contribution in [0.2, 0.25) is 19.6 Å². The van der Waals surface area contributed by atoms with Gasteiger partial charge >= 0.3 is 0 Å². The second-order valence-electron chi connectivity index (χ2n) is 12.0. The van der Waals surface area contributed by atoms with Gasteiger partial charge in [0.1, 0.15) is 12.3 Å². The molecule has 1 aliphatic rings. The molecule has 178 valence electrons. The average Bonchev–Trinajstić information content (AvgIpc) is 3.21. The first-order chi connectivity index (χ1) is 15.3. The molecule has 0 aromatic heterocycles. The van der Waals surface area contributed by atoms with Crippen molar-refractivity contribution in [1.82, 2.24) is 0 Å². The molecule has 0 amide bonds. The molecular weight excluding hydrogens is 420 g/mol. The zero-order valence-corrected chi connectivity index (χ0v) is 23.3. The van der Waals surface area contributed by atoms with Gasteiger partial charge in [-0.1, -0.05) is 116 Å². The van der Waals surface area contributed by atoms with Gasteiger partial charge in [-0.25, -0.2) is 9.98 Å².